The van der Waals surface area contributed by atoms with E-state index in [1.165, 1.54) is 31.2 Å². The van der Waals surface area contributed by atoms with E-state index in [0.29, 0.717) is 16.1 Å². The van der Waals surface area contributed by atoms with Gasteiger partial charge in [0.1, 0.15) is 0 Å². The molecule has 0 aliphatic carbocycles. The molecule has 208 valence electrons. The van der Waals surface area contributed by atoms with Crippen molar-refractivity contribution in [2.75, 3.05) is 0 Å². The fourth-order valence-electron chi connectivity index (χ4n) is 4.41. The molecule has 1 aliphatic heterocycles. The van der Waals surface area contributed by atoms with E-state index < -0.39 is 52.4 Å². The molecule has 4 unspecified atom stereocenters. The zero-order valence-corrected chi connectivity index (χ0v) is 23.2. The van der Waals surface area contributed by atoms with Gasteiger partial charge in [0.25, 0.3) is 11.8 Å². The van der Waals surface area contributed by atoms with E-state index in [0.717, 1.165) is 16.9 Å². The lowest BCUT2D eigenvalue weighted by Crippen LogP contribution is -2.76. The number of hydrogen-bond acceptors (Lipinski definition) is 6. The van der Waals surface area contributed by atoms with Gasteiger partial charge in [0, 0.05) is 11.9 Å². The maximum absolute atomic E-state index is 13.6. The molecule has 1 N–H and O–H groups in total. The molecular weight excluding hydrogens is 556 g/mol. The van der Waals surface area contributed by atoms with Crippen LogP contribution in [0.5, 0.6) is 5.75 Å². The Kier molecular flexibility index (Phi) is 9.03. The lowest BCUT2D eigenvalue weighted by molar-refractivity contribution is -0.194. The number of halogens is 1. The van der Waals surface area contributed by atoms with Crippen LogP contribution in [0.1, 0.15) is 31.1 Å². The summed E-state index contributed by atoms with van der Waals surface area (Å²) in [5, 5.41) is -0.350. The number of β-lactam (4-membered cyclic amide) rings is 1. The molecule has 0 saturated carbocycles. The van der Waals surface area contributed by atoms with Gasteiger partial charge in [0.2, 0.25) is 0 Å². The molecule has 2 amide bonds. The number of esters is 1. The molecule has 0 bridgehead atoms. The van der Waals surface area contributed by atoms with Crippen molar-refractivity contribution in [3.63, 3.8) is 0 Å². The molecule has 0 radical (unpaired) electrons. The largest absolute Gasteiger partial charge is 0.451 e. The second-order valence-electron chi connectivity index (χ2n) is 9.13. The highest BCUT2D eigenvalue weighted by Gasteiger charge is 2.60. The smallest absolute Gasteiger partial charge is 0.334 e. The number of benzene rings is 3. The fraction of sp³-hybridized carbons (Fsp3) is 0.207. The normalized spacial score (nSPS) is 17.9. The first-order valence-electron chi connectivity index (χ1n) is 12.2. The maximum atomic E-state index is 13.6. The van der Waals surface area contributed by atoms with E-state index in [9.17, 15) is 23.1 Å². The first-order chi connectivity index (χ1) is 19.1. The zero-order valence-electron chi connectivity index (χ0n) is 21.7. The maximum Gasteiger partial charge on any atom is 0.334 e. The van der Waals surface area contributed by atoms with Gasteiger partial charge in [0.05, 0.1) is 0 Å². The summed E-state index contributed by atoms with van der Waals surface area (Å²) in [4.78, 5) is 46.1. The fourth-order valence-corrected chi connectivity index (χ4v) is 5.40. The van der Waals surface area contributed by atoms with Crippen LogP contribution in [0.25, 0.3) is 0 Å². The number of likely N-dealkylation sites (tertiary alicyclic amines) is 1. The number of hydrogen-bond donors (Lipinski definition) is 1. The van der Waals surface area contributed by atoms with E-state index in [2.05, 4.69) is 6.58 Å². The van der Waals surface area contributed by atoms with Crippen LogP contribution in [0.15, 0.2) is 97.1 Å². The van der Waals surface area contributed by atoms with Crippen molar-refractivity contribution in [2.45, 2.75) is 37.4 Å². The first-order valence-corrected chi connectivity index (χ1v) is 13.8. The van der Waals surface area contributed by atoms with Gasteiger partial charge in [-0.3, -0.25) is 9.59 Å². The van der Waals surface area contributed by atoms with Crippen LogP contribution in [-0.4, -0.2) is 54.0 Å². The van der Waals surface area contributed by atoms with Gasteiger partial charge in [-0.25, -0.2) is 9.00 Å². The summed E-state index contributed by atoms with van der Waals surface area (Å²) in [6.07, 6.45) is -0.816. The van der Waals surface area contributed by atoms with Gasteiger partial charge in [0.15, 0.2) is 40.4 Å². The van der Waals surface area contributed by atoms with Gasteiger partial charge in [-0.15, -0.1) is 0 Å². The Morgan fingerprint density at radius 1 is 0.975 bits per heavy atom. The van der Waals surface area contributed by atoms with Crippen molar-refractivity contribution in [3.8, 4) is 5.75 Å². The quantitative estimate of drug-likeness (QED) is 0.123. The average molecular weight is 583 g/mol. The number of nitrogens with zero attached hydrogens (tertiary/aromatic N) is 2. The van der Waals surface area contributed by atoms with Gasteiger partial charge in [-0.05, 0) is 47.9 Å². The predicted molar refractivity (Wildman–Crippen MR) is 149 cm³/mol. The summed E-state index contributed by atoms with van der Waals surface area (Å²) >= 11 is 3.22. The third-order valence-corrected chi connectivity index (χ3v) is 7.40. The van der Waals surface area contributed by atoms with Crippen molar-refractivity contribution in [3.05, 3.63) is 113 Å². The Labute approximate surface area is 239 Å². The lowest BCUT2D eigenvalue weighted by Gasteiger charge is -2.50. The number of ether oxygens (including phenoxy) is 1. The molecule has 1 heterocycles. The van der Waals surface area contributed by atoms with E-state index in [4.69, 9.17) is 21.2 Å². The number of carbonyl (C=O) groups is 3. The molecule has 0 aromatic heterocycles. The summed E-state index contributed by atoms with van der Waals surface area (Å²) in [6, 6.07) is 21.2. The summed E-state index contributed by atoms with van der Waals surface area (Å²) in [5.41, 5.74) is 1.59. The van der Waals surface area contributed by atoms with Crippen LogP contribution in [0.4, 0.5) is 0 Å². The molecule has 3 aromatic rings. The predicted octanol–water partition coefficient (Wildman–Crippen LogP) is 4.52. The van der Waals surface area contributed by atoms with Crippen LogP contribution in [0.3, 0.4) is 0 Å². The molecule has 40 heavy (non-hydrogen) atoms. The monoisotopic (exact) mass is 582 g/mol. The summed E-state index contributed by atoms with van der Waals surface area (Å²) in [5.74, 6) is -2.14. The Bertz CT molecular complexity index is 1380. The number of hydroxylamine groups is 2. The Hall–Kier alpha value is -3.99. The summed E-state index contributed by atoms with van der Waals surface area (Å²) in [7, 11) is 0. The van der Waals surface area contributed by atoms with E-state index in [1.807, 2.05) is 12.1 Å². The van der Waals surface area contributed by atoms with E-state index >= 15 is 0 Å². The molecule has 0 spiro atoms. The minimum absolute atomic E-state index is 0.178. The van der Waals surface area contributed by atoms with Crippen molar-refractivity contribution in [2.24, 2.45) is 0 Å². The molecule has 3 aromatic carbocycles. The Morgan fingerprint density at radius 3 is 1.95 bits per heavy atom. The van der Waals surface area contributed by atoms with Gasteiger partial charge in [-0.1, -0.05) is 78.8 Å². The second-order valence-corrected chi connectivity index (χ2v) is 10.6. The van der Waals surface area contributed by atoms with E-state index in [1.54, 1.807) is 48.5 Å². The summed E-state index contributed by atoms with van der Waals surface area (Å²) in [6.45, 7) is 6.50. The summed E-state index contributed by atoms with van der Waals surface area (Å²) < 4.78 is 28.6. The number of carbonyl (C=O) groups excluding carboxylic acids is 3. The molecule has 1 saturated heterocycles. The first kappa shape index (κ1) is 29.0. The van der Waals surface area contributed by atoms with Crippen molar-refractivity contribution >= 4 is 40.5 Å². The Morgan fingerprint density at radius 2 is 1.50 bits per heavy atom. The average Bonchev–Trinajstić information content (AvgIpc) is 2.93. The SMILES string of the molecule is C=C(C)C(C(=O)OC(c1ccccc1)c1ccccc1)N1C(=O)C(N(Oc2ccc(Cl)cc2)C(C)=O)C1S(=O)O. The Balaban J connectivity index is 1.63. The highest BCUT2D eigenvalue weighted by atomic mass is 35.5. The van der Waals surface area contributed by atoms with Crippen molar-refractivity contribution < 1.29 is 32.7 Å². The van der Waals surface area contributed by atoms with Gasteiger partial charge < -0.3 is 19.0 Å². The van der Waals surface area contributed by atoms with Crippen LogP contribution < -0.4 is 4.84 Å². The molecule has 4 rings (SSSR count). The second kappa shape index (κ2) is 12.5. The number of rotatable bonds is 10. The lowest BCUT2D eigenvalue weighted by atomic mass is 9.98. The van der Waals surface area contributed by atoms with Gasteiger partial charge in [-0.2, -0.15) is 5.06 Å². The van der Waals surface area contributed by atoms with Crippen molar-refractivity contribution in [1.29, 1.82) is 0 Å². The molecule has 1 fully saturated rings. The number of amides is 2. The van der Waals surface area contributed by atoms with Crippen LogP contribution in [0.2, 0.25) is 5.02 Å². The van der Waals surface area contributed by atoms with Gasteiger partial charge >= 0.3 is 5.97 Å². The van der Waals surface area contributed by atoms with Crippen LogP contribution in [0, 0.1) is 0 Å². The van der Waals surface area contributed by atoms with Crippen molar-refractivity contribution in [1.82, 2.24) is 9.96 Å². The molecule has 9 nitrogen and oxygen atoms in total. The highest BCUT2D eigenvalue weighted by molar-refractivity contribution is 7.80. The minimum Gasteiger partial charge on any atom is -0.451 e. The topological polar surface area (TPSA) is 113 Å². The molecule has 1 aliphatic rings. The van der Waals surface area contributed by atoms with Crippen LogP contribution >= 0.6 is 11.6 Å². The highest BCUT2D eigenvalue weighted by Crippen LogP contribution is 2.35. The molecular formula is C29H27ClN2O7S. The third-order valence-electron chi connectivity index (χ3n) is 6.25. The standard InChI is InChI=1S/C29H27ClN2O7S/c1-18(2)24(29(35)38-26(20-10-6-4-7-11-20)21-12-8-5-9-13-21)31-27(34)25(28(31)40(36)37)32(19(3)33)39-23-16-14-22(30)15-17-23/h4-17,24-26,28H,1H2,2-3H3,(H,36,37). The third kappa shape index (κ3) is 6.09. The zero-order chi connectivity index (χ0) is 29.0. The van der Waals surface area contributed by atoms with E-state index in [-0.39, 0.29) is 11.3 Å². The molecule has 4 atom stereocenters. The minimum atomic E-state index is -2.68. The molecule has 11 heteroatoms. The van der Waals surface area contributed by atoms with Crippen LogP contribution in [-0.2, 0) is 30.2 Å².